The maximum atomic E-state index is 10.9. The number of carbonyl (C=O) groups is 1. The number of nitrogens with two attached hydrogens (primary N) is 1. The number of nitrogen functional groups attached to an aromatic ring is 1. The molecule has 1 aromatic rings. The molecule has 0 aliphatic carbocycles. The van der Waals surface area contributed by atoms with E-state index >= 15 is 0 Å². The number of unbranched alkanes of at least 4 members (excludes halogenated alkanes) is 16. The van der Waals surface area contributed by atoms with Gasteiger partial charge in [0.1, 0.15) is 5.75 Å². The van der Waals surface area contributed by atoms with Crippen molar-refractivity contribution < 1.29 is 14.6 Å². The molecule has 0 aromatic heterocycles. The Hall–Kier alpha value is -1.71. The van der Waals surface area contributed by atoms with Gasteiger partial charge in [-0.25, -0.2) is 4.79 Å². The Balaban J connectivity index is 1.83. The van der Waals surface area contributed by atoms with Crippen molar-refractivity contribution in [2.24, 2.45) is 0 Å². The molecule has 0 atom stereocenters. The molecule has 0 aliphatic rings. The zero-order chi connectivity index (χ0) is 21.9. The summed E-state index contributed by atoms with van der Waals surface area (Å²) in [5.74, 6) is -0.391. The number of carboxylic acid groups (broad SMARTS) is 1. The van der Waals surface area contributed by atoms with Gasteiger partial charge in [0.05, 0.1) is 17.9 Å². The van der Waals surface area contributed by atoms with Gasteiger partial charge in [0, 0.05) is 0 Å². The van der Waals surface area contributed by atoms with Crippen molar-refractivity contribution in [3.8, 4) is 5.75 Å². The first-order valence-corrected chi connectivity index (χ1v) is 12.4. The van der Waals surface area contributed by atoms with Crippen molar-refractivity contribution in [3.63, 3.8) is 0 Å². The minimum absolute atomic E-state index is 0.192. The number of benzene rings is 1. The third-order valence-electron chi connectivity index (χ3n) is 5.76. The zero-order valence-electron chi connectivity index (χ0n) is 19.3. The van der Waals surface area contributed by atoms with Crippen LogP contribution in [0.15, 0.2) is 18.2 Å². The molecule has 30 heavy (non-hydrogen) atoms. The summed E-state index contributed by atoms with van der Waals surface area (Å²) in [4.78, 5) is 10.9. The summed E-state index contributed by atoms with van der Waals surface area (Å²) < 4.78 is 5.68. The van der Waals surface area contributed by atoms with Gasteiger partial charge >= 0.3 is 5.97 Å². The Bertz CT molecular complexity index is 559. The highest BCUT2D eigenvalue weighted by atomic mass is 16.5. The van der Waals surface area contributed by atoms with Crippen LogP contribution in [0.1, 0.15) is 126 Å². The smallest absolute Gasteiger partial charge is 0.335 e. The van der Waals surface area contributed by atoms with E-state index in [2.05, 4.69) is 6.92 Å². The Labute approximate surface area is 184 Å². The first-order valence-electron chi connectivity index (χ1n) is 12.4. The fourth-order valence-corrected chi connectivity index (χ4v) is 3.82. The Morgan fingerprint density at radius 2 is 1.20 bits per heavy atom. The monoisotopic (exact) mass is 419 g/mol. The highest BCUT2D eigenvalue weighted by Gasteiger charge is 2.06. The van der Waals surface area contributed by atoms with Crippen LogP contribution in [0, 0.1) is 0 Å². The molecule has 0 saturated carbocycles. The fraction of sp³-hybridized carbons (Fsp3) is 0.731. The summed E-state index contributed by atoms with van der Waals surface area (Å²) in [5.41, 5.74) is 6.43. The molecule has 0 radical (unpaired) electrons. The van der Waals surface area contributed by atoms with Crippen molar-refractivity contribution in [2.75, 3.05) is 12.3 Å². The second kappa shape index (κ2) is 18.1. The third kappa shape index (κ3) is 13.5. The lowest BCUT2D eigenvalue weighted by molar-refractivity contribution is 0.0697. The first-order chi connectivity index (χ1) is 14.6. The maximum Gasteiger partial charge on any atom is 0.335 e. The van der Waals surface area contributed by atoms with E-state index in [4.69, 9.17) is 15.6 Å². The molecule has 0 unspecified atom stereocenters. The lowest BCUT2D eigenvalue weighted by Gasteiger charge is -2.09. The average Bonchev–Trinajstić information content (AvgIpc) is 2.73. The molecule has 0 fully saturated rings. The molecule has 4 heteroatoms. The van der Waals surface area contributed by atoms with Crippen LogP contribution in [0.3, 0.4) is 0 Å². The van der Waals surface area contributed by atoms with E-state index in [0.717, 1.165) is 6.42 Å². The Kier molecular flexibility index (Phi) is 15.9. The Morgan fingerprint density at radius 3 is 1.60 bits per heavy atom. The van der Waals surface area contributed by atoms with E-state index in [9.17, 15) is 4.79 Å². The van der Waals surface area contributed by atoms with Crippen LogP contribution in [-0.2, 0) is 0 Å². The van der Waals surface area contributed by atoms with Crippen LogP contribution in [-0.4, -0.2) is 17.7 Å². The van der Waals surface area contributed by atoms with Crippen LogP contribution in [0.25, 0.3) is 0 Å². The lowest BCUT2D eigenvalue weighted by atomic mass is 10.0. The summed E-state index contributed by atoms with van der Waals surface area (Å²) >= 11 is 0. The highest BCUT2D eigenvalue weighted by Crippen LogP contribution is 2.23. The van der Waals surface area contributed by atoms with E-state index in [1.54, 1.807) is 6.07 Å². The number of hydrogen-bond acceptors (Lipinski definition) is 3. The van der Waals surface area contributed by atoms with Crippen molar-refractivity contribution in [3.05, 3.63) is 23.8 Å². The summed E-state index contributed by atoms with van der Waals surface area (Å²) in [6.07, 6.45) is 23.1. The molecule has 3 N–H and O–H groups in total. The number of anilines is 1. The molecule has 1 rings (SSSR count). The van der Waals surface area contributed by atoms with Crippen LogP contribution in [0.2, 0.25) is 0 Å². The Morgan fingerprint density at radius 1 is 0.767 bits per heavy atom. The zero-order valence-corrected chi connectivity index (χ0v) is 19.3. The summed E-state index contributed by atoms with van der Waals surface area (Å²) in [6, 6.07) is 4.63. The van der Waals surface area contributed by atoms with E-state index in [-0.39, 0.29) is 5.56 Å². The lowest BCUT2D eigenvalue weighted by Crippen LogP contribution is -2.03. The number of ether oxygens (including phenoxy) is 1. The number of rotatable bonds is 20. The van der Waals surface area contributed by atoms with Gasteiger partial charge in [-0.3, -0.25) is 0 Å². The van der Waals surface area contributed by atoms with E-state index in [0.29, 0.717) is 18.0 Å². The van der Waals surface area contributed by atoms with Crippen molar-refractivity contribution in [1.29, 1.82) is 0 Å². The van der Waals surface area contributed by atoms with Gasteiger partial charge < -0.3 is 15.6 Å². The van der Waals surface area contributed by atoms with Gasteiger partial charge in [-0.2, -0.15) is 0 Å². The van der Waals surface area contributed by atoms with Crippen molar-refractivity contribution >= 4 is 11.7 Å². The standard InChI is InChI=1S/C26H45NO3/c1-2-3-4-5-6-7-8-9-10-11-12-13-14-15-16-17-18-21-30-25-20-19-23(26(28)29)22-24(25)27/h19-20,22H,2-18,21,27H2,1H3,(H,28,29). The highest BCUT2D eigenvalue weighted by molar-refractivity contribution is 5.89. The molecule has 0 spiro atoms. The van der Waals surface area contributed by atoms with E-state index in [1.807, 2.05) is 0 Å². The summed E-state index contributed by atoms with van der Waals surface area (Å²) in [7, 11) is 0. The van der Waals surface area contributed by atoms with Gasteiger partial charge in [0.25, 0.3) is 0 Å². The number of carboxylic acids is 1. The molecule has 172 valence electrons. The molecule has 0 bridgehead atoms. The molecule has 0 heterocycles. The van der Waals surface area contributed by atoms with Crippen LogP contribution < -0.4 is 10.5 Å². The minimum atomic E-state index is -0.971. The maximum absolute atomic E-state index is 10.9. The molecule has 0 saturated heterocycles. The van der Waals surface area contributed by atoms with Gasteiger partial charge in [-0.15, -0.1) is 0 Å². The van der Waals surface area contributed by atoms with Gasteiger partial charge in [-0.05, 0) is 24.6 Å². The minimum Gasteiger partial charge on any atom is -0.491 e. The van der Waals surface area contributed by atoms with Crippen LogP contribution in [0.4, 0.5) is 5.69 Å². The number of hydrogen-bond donors (Lipinski definition) is 2. The van der Waals surface area contributed by atoms with Crippen molar-refractivity contribution in [1.82, 2.24) is 0 Å². The molecular weight excluding hydrogens is 374 g/mol. The van der Waals surface area contributed by atoms with Gasteiger partial charge in [0.15, 0.2) is 0 Å². The first kappa shape index (κ1) is 26.3. The average molecular weight is 420 g/mol. The second-order valence-electron chi connectivity index (χ2n) is 8.56. The van der Waals surface area contributed by atoms with E-state index in [1.165, 1.54) is 115 Å². The predicted octanol–water partition coefficient (Wildman–Crippen LogP) is 8.00. The summed E-state index contributed by atoms with van der Waals surface area (Å²) in [5, 5.41) is 8.94. The van der Waals surface area contributed by atoms with Gasteiger partial charge in [0.2, 0.25) is 0 Å². The fourth-order valence-electron chi connectivity index (χ4n) is 3.82. The molecule has 0 amide bonds. The third-order valence-corrected chi connectivity index (χ3v) is 5.76. The normalized spacial score (nSPS) is 11.0. The SMILES string of the molecule is CCCCCCCCCCCCCCCCCCCOc1ccc(C(=O)O)cc1N. The van der Waals surface area contributed by atoms with E-state index < -0.39 is 5.97 Å². The molecule has 0 aliphatic heterocycles. The summed E-state index contributed by atoms with van der Waals surface area (Å²) in [6.45, 7) is 2.91. The molecule has 4 nitrogen and oxygen atoms in total. The van der Waals surface area contributed by atoms with Crippen molar-refractivity contribution in [2.45, 2.75) is 116 Å². The second-order valence-corrected chi connectivity index (χ2v) is 8.56. The topological polar surface area (TPSA) is 72.5 Å². The number of aromatic carboxylic acids is 1. The van der Waals surface area contributed by atoms with Crippen LogP contribution in [0.5, 0.6) is 5.75 Å². The molecular formula is C26H45NO3. The van der Waals surface area contributed by atoms with Gasteiger partial charge in [-0.1, -0.05) is 110 Å². The van der Waals surface area contributed by atoms with Crippen LogP contribution >= 0.6 is 0 Å². The quantitative estimate of drug-likeness (QED) is 0.166. The largest absolute Gasteiger partial charge is 0.491 e. The molecule has 1 aromatic carbocycles. The predicted molar refractivity (Wildman–Crippen MR) is 127 cm³/mol.